The van der Waals surface area contributed by atoms with Crippen LogP contribution in [-0.2, 0) is 19.3 Å². The molecule has 0 unspecified atom stereocenters. The predicted octanol–water partition coefficient (Wildman–Crippen LogP) is 4.23. The number of quaternary nitrogens is 1. The minimum atomic E-state index is 1.16. The van der Waals surface area contributed by atoms with E-state index in [1.807, 2.05) is 0 Å². The van der Waals surface area contributed by atoms with Crippen LogP contribution in [0.5, 0.6) is 0 Å². The molecule has 0 N–H and O–H groups in total. The van der Waals surface area contributed by atoms with E-state index in [0.29, 0.717) is 0 Å². The third kappa shape index (κ3) is 4.07. The molecule has 0 aliphatic heterocycles. The summed E-state index contributed by atoms with van der Waals surface area (Å²) in [6, 6.07) is 7.12. The van der Waals surface area contributed by atoms with Crippen LogP contribution < -0.4 is 0 Å². The number of likely N-dealkylation sites (N-methyl/N-ethyl adjacent to an activating group) is 1. The fourth-order valence-corrected chi connectivity index (χ4v) is 3.02. The van der Waals surface area contributed by atoms with Gasteiger partial charge in [-0.15, -0.1) is 0 Å². The molecule has 108 valence electrons. The molecule has 0 spiro atoms. The Morgan fingerprint density at radius 3 is 1.84 bits per heavy atom. The van der Waals surface area contributed by atoms with Gasteiger partial charge in [0.1, 0.15) is 0 Å². The quantitative estimate of drug-likeness (QED) is 0.615. The third-order valence-electron chi connectivity index (χ3n) is 4.92. The normalized spacial score (nSPS) is 11.8. The van der Waals surface area contributed by atoms with Gasteiger partial charge in [0.2, 0.25) is 0 Å². The zero-order valence-corrected chi connectivity index (χ0v) is 13.6. The lowest BCUT2D eigenvalue weighted by Crippen LogP contribution is -2.48. The van der Waals surface area contributed by atoms with Gasteiger partial charge < -0.3 is 4.48 Å². The maximum absolute atomic E-state index is 2.44. The van der Waals surface area contributed by atoms with Crippen molar-refractivity contribution in [3.8, 4) is 0 Å². The van der Waals surface area contributed by atoms with Crippen molar-refractivity contribution in [3.63, 3.8) is 0 Å². The second kappa shape index (κ2) is 7.69. The highest BCUT2D eigenvalue weighted by Gasteiger charge is 2.20. The van der Waals surface area contributed by atoms with Crippen LogP contribution in [0.4, 0.5) is 0 Å². The Kier molecular flexibility index (Phi) is 6.57. The van der Waals surface area contributed by atoms with Gasteiger partial charge in [-0.05, 0) is 50.3 Å². The number of nitrogens with zero attached hydrogens (tertiary/aromatic N) is 1. The van der Waals surface area contributed by atoms with Crippen LogP contribution in [0.2, 0.25) is 0 Å². The smallest absolute Gasteiger partial charge is 0.0827 e. The number of hydrogen-bond donors (Lipinski definition) is 0. The average molecular weight is 262 g/mol. The summed E-state index contributed by atoms with van der Waals surface area (Å²) in [5, 5.41) is 0. The molecule has 1 aromatic rings. The Morgan fingerprint density at radius 1 is 0.789 bits per heavy atom. The Hall–Kier alpha value is -0.820. The van der Waals surface area contributed by atoms with Crippen LogP contribution in [0, 0.1) is 0 Å². The Labute approximate surface area is 120 Å². The van der Waals surface area contributed by atoms with Gasteiger partial charge in [0.15, 0.2) is 0 Å². The lowest BCUT2D eigenvalue weighted by atomic mass is 9.98. The molecule has 1 rings (SSSR count). The number of aryl methyl sites for hydroxylation is 2. The summed E-state index contributed by atoms with van der Waals surface area (Å²) in [5.41, 5.74) is 4.59. The van der Waals surface area contributed by atoms with E-state index >= 15 is 0 Å². The lowest BCUT2D eigenvalue weighted by molar-refractivity contribution is -0.923. The van der Waals surface area contributed by atoms with Crippen molar-refractivity contribution >= 4 is 0 Å². The fraction of sp³-hybridized carbons (Fsp3) is 0.667. The summed E-state index contributed by atoms with van der Waals surface area (Å²) < 4.78 is 1.25. The molecule has 0 radical (unpaired) electrons. The first-order valence-electron chi connectivity index (χ1n) is 8.10. The minimum Gasteiger partial charge on any atom is -0.324 e. The first-order chi connectivity index (χ1) is 9.14. The minimum absolute atomic E-state index is 1.16. The van der Waals surface area contributed by atoms with Crippen molar-refractivity contribution in [2.24, 2.45) is 0 Å². The standard InChI is InChI=1S/C18H32N/c1-6-17-12-11-16(15-18(17)7-2)13-14-19(8-3,9-4)10-5/h11-12,15H,6-10,13-14H2,1-5H3/q+1. The molecule has 0 fully saturated rings. The van der Waals surface area contributed by atoms with E-state index in [1.54, 1.807) is 5.56 Å². The molecule has 0 aliphatic rings. The van der Waals surface area contributed by atoms with Crippen molar-refractivity contribution in [1.82, 2.24) is 0 Å². The molecular weight excluding hydrogens is 230 g/mol. The molecule has 0 aliphatic carbocycles. The van der Waals surface area contributed by atoms with Crippen LogP contribution in [-0.4, -0.2) is 30.7 Å². The Balaban J connectivity index is 2.77. The molecule has 0 heterocycles. The van der Waals surface area contributed by atoms with Gasteiger partial charge >= 0.3 is 0 Å². The summed E-state index contributed by atoms with van der Waals surface area (Å²) in [6.07, 6.45) is 3.53. The molecular formula is C18H32N+. The summed E-state index contributed by atoms with van der Waals surface area (Å²) in [6.45, 7) is 16.5. The highest BCUT2D eigenvalue weighted by atomic mass is 15.3. The van der Waals surface area contributed by atoms with Gasteiger partial charge in [-0.1, -0.05) is 32.0 Å². The van der Waals surface area contributed by atoms with Crippen LogP contribution in [0.25, 0.3) is 0 Å². The molecule has 1 aromatic carbocycles. The number of hydrogen-bond acceptors (Lipinski definition) is 0. The van der Waals surface area contributed by atoms with E-state index in [9.17, 15) is 0 Å². The Morgan fingerprint density at radius 2 is 1.37 bits per heavy atom. The second-order valence-electron chi connectivity index (χ2n) is 5.57. The number of rotatable bonds is 8. The first-order valence-corrected chi connectivity index (χ1v) is 8.10. The molecule has 0 amide bonds. The van der Waals surface area contributed by atoms with E-state index in [2.05, 4.69) is 52.8 Å². The summed E-state index contributed by atoms with van der Waals surface area (Å²) in [5.74, 6) is 0. The SMILES string of the molecule is CCc1ccc(CC[N+](CC)(CC)CC)cc1CC. The van der Waals surface area contributed by atoms with E-state index in [-0.39, 0.29) is 0 Å². The topological polar surface area (TPSA) is 0 Å². The van der Waals surface area contributed by atoms with Crippen LogP contribution in [0.1, 0.15) is 51.3 Å². The first kappa shape index (κ1) is 16.2. The van der Waals surface area contributed by atoms with Gasteiger partial charge in [0, 0.05) is 6.42 Å². The van der Waals surface area contributed by atoms with Crippen molar-refractivity contribution in [2.45, 2.75) is 53.9 Å². The van der Waals surface area contributed by atoms with E-state index in [4.69, 9.17) is 0 Å². The lowest BCUT2D eigenvalue weighted by Gasteiger charge is -2.36. The second-order valence-corrected chi connectivity index (χ2v) is 5.57. The van der Waals surface area contributed by atoms with Gasteiger partial charge in [0.25, 0.3) is 0 Å². The number of benzene rings is 1. The van der Waals surface area contributed by atoms with Crippen molar-refractivity contribution in [3.05, 3.63) is 34.9 Å². The van der Waals surface area contributed by atoms with Crippen molar-refractivity contribution in [2.75, 3.05) is 26.2 Å². The van der Waals surface area contributed by atoms with Gasteiger partial charge in [-0.3, -0.25) is 0 Å². The van der Waals surface area contributed by atoms with E-state index in [0.717, 1.165) is 12.8 Å². The molecule has 0 saturated carbocycles. The zero-order valence-electron chi connectivity index (χ0n) is 13.6. The maximum atomic E-state index is 2.44. The van der Waals surface area contributed by atoms with Crippen LogP contribution in [0.3, 0.4) is 0 Å². The molecule has 1 heteroatoms. The van der Waals surface area contributed by atoms with Crippen LogP contribution >= 0.6 is 0 Å². The molecule has 0 atom stereocenters. The van der Waals surface area contributed by atoms with E-state index < -0.39 is 0 Å². The summed E-state index contributed by atoms with van der Waals surface area (Å²) in [7, 11) is 0. The van der Waals surface area contributed by atoms with Gasteiger partial charge in [-0.25, -0.2) is 0 Å². The molecule has 0 aromatic heterocycles. The fourth-order valence-electron chi connectivity index (χ4n) is 3.02. The molecule has 0 bridgehead atoms. The highest BCUT2D eigenvalue weighted by Crippen LogP contribution is 2.16. The molecule has 19 heavy (non-hydrogen) atoms. The Bertz CT molecular complexity index is 369. The predicted molar refractivity (Wildman–Crippen MR) is 85.7 cm³/mol. The molecule has 0 saturated heterocycles. The molecule has 1 nitrogen and oxygen atoms in total. The largest absolute Gasteiger partial charge is 0.324 e. The van der Waals surface area contributed by atoms with Crippen LogP contribution in [0.15, 0.2) is 18.2 Å². The zero-order chi connectivity index (χ0) is 14.3. The average Bonchev–Trinajstić information content (AvgIpc) is 2.49. The van der Waals surface area contributed by atoms with E-state index in [1.165, 1.54) is 48.2 Å². The van der Waals surface area contributed by atoms with Crippen molar-refractivity contribution in [1.29, 1.82) is 0 Å². The summed E-state index contributed by atoms with van der Waals surface area (Å²) in [4.78, 5) is 0. The monoisotopic (exact) mass is 262 g/mol. The summed E-state index contributed by atoms with van der Waals surface area (Å²) >= 11 is 0. The van der Waals surface area contributed by atoms with Gasteiger partial charge in [0.05, 0.1) is 26.2 Å². The van der Waals surface area contributed by atoms with Crippen molar-refractivity contribution < 1.29 is 4.48 Å². The van der Waals surface area contributed by atoms with Gasteiger partial charge in [-0.2, -0.15) is 0 Å². The third-order valence-corrected chi connectivity index (χ3v) is 4.92. The highest BCUT2D eigenvalue weighted by molar-refractivity contribution is 5.32. The maximum Gasteiger partial charge on any atom is 0.0827 e.